The Kier molecular flexibility index (Phi) is 3.85. The zero-order chi connectivity index (χ0) is 13.1. The van der Waals surface area contributed by atoms with Crippen LogP contribution in [0.1, 0.15) is 23.3 Å². The summed E-state index contributed by atoms with van der Waals surface area (Å²) in [6, 6.07) is 13.4. The highest BCUT2D eigenvalue weighted by atomic mass is 32.1. The molecule has 0 amide bonds. The van der Waals surface area contributed by atoms with E-state index in [4.69, 9.17) is 5.73 Å². The normalized spacial score (nSPS) is 15.0. The largest absolute Gasteiger partial charge is 0.398 e. The molecule has 1 aliphatic carbocycles. The third kappa shape index (κ3) is 3.37. The van der Waals surface area contributed by atoms with E-state index in [9.17, 15) is 0 Å². The van der Waals surface area contributed by atoms with E-state index >= 15 is 0 Å². The van der Waals surface area contributed by atoms with Crippen LogP contribution in [0.25, 0.3) is 0 Å². The van der Waals surface area contributed by atoms with Crippen LogP contribution in [-0.2, 0) is 13.0 Å². The average molecular weight is 272 g/mol. The van der Waals surface area contributed by atoms with Crippen LogP contribution in [0.2, 0.25) is 0 Å². The van der Waals surface area contributed by atoms with Crippen LogP contribution in [0.4, 0.5) is 5.69 Å². The summed E-state index contributed by atoms with van der Waals surface area (Å²) >= 11 is 1.86. The number of nitrogens with zero attached hydrogens (tertiary/aromatic N) is 1. The van der Waals surface area contributed by atoms with Crippen molar-refractivity contribution in [1.82, 2.24) is 4.90 Å². The lowest BCUT2D eigenvalue weighted by Gasteiger charge is -2.22. The Balaban J connectivity index is 1.63. The first-order valence-corrected chi connectivity index (χ1v) is 7.81. The number of anilines is 1. The molecule has 0 bridgehead atoms. The fourth-order valence-corrected chi connectivity index (χ4v) is 3.13. The molecule has 0 spiro atoms. The zero-order valence-corrected chi connectivity index (χ0v) is 11.9. The van der Waals surface area contributed by atoms with E-state index in [2.05, 4.69) is 34.5 Å². The molecule has 0 aliphatic heterocycles. The van der Waals surface area contributed by atoms with Gasteiger partial charge < -0.3 is 5.73 Å². The van der Waals surface area contributed by atoms with Gasteiger partial charge in [-0.15, -0.1) is 11.3 Å². The van der Waals surface area contributed by atoms with Gasteiger partial charge in [-0.3, -0.25) is 4.90 Å². The summed E-state index contributed by atoms with van der Waals surface area (Å²) < 4.78 is 0. The first kappa shape index (κ1) is 12.7. The van der Waals surface area contributed by atoms with E-state index in [-0.39, 0.29) is 0 Å². The van der Waals surface area contributed by atoms with Crippen LogP contribution in [0.5, 0.6) is 0 Å². The second-order valence-electron chi connectivity index (χ2n) is 5.23. The molecule has 1 aromatic carbocycles. The second kappa shape index (κ2) is 5.76. The molecule has 2 nitrogen and oxygen atoms in total. The average Bonchev–Trinajstić information content (AvgIpc) is 3.13. The van der Waals surface area contributed by atoms with E-state index in [0.29, 0.717) is 0 Å². The predicted molar refractivity (Wildman–Crippen MR) is 82.3 cm³/mol. The Morgan fingerprint density at radius 3 is 2.68 bits per heavy atom. The first-order chi connectivity index (χ1) is 9.33. The van der Waals surface area contributed by atoms with Gasteiger partial charge in [0.25, 0.3) is 0 Å². The van der Waals surface area contributed by atoms with E-state index in [1.165, 1.54) is 23.3 Å². The molecule has 2 aromatic rings. The minimum Gasteiger partial charge on any atom is -0.398 e. The first-order valence-electron chi connectivity index (χ1n) is 6.93. The number of nitrogen functional groups attached to an aromatic ring is 1. The SMILES string of the molecule is Nc1ccccc1CN(CCc1cccs1)C1CC1. The summed E-state index contributed by atoms with van der Waals surface area (Å²) in [5, 5.41) is 2.16. The van der Waals surface area contributed by atoms with E-state index < -0.39 is 0 Å². The molecule has 100 valence electrons. The van der Waals surface area contributed by atoms with Crippen molar-refractivity contribution in [2.45, 2.75) is 31.8 Å². The molecule has 0 saturated heterocycles. The number of rotatable bonds is 6. The summed E-state index contributed by atoms with van der Waals surface area (Å²) in [7, 11) is 0. The van der Waals surface area contributed by atoms with Crippen LogP contribution >= 0.6 is 11.3 Å². The van der Waals surface area contributed by atoms with Crippen molar-refractivity contribution < 1.29 is 0 Å². The minimum absolute atomic E-state index is 0.777. The highest BCUT2D eigenvalue weighted by molar-refractivity contribution is 7.09. The van der Waals surface area contributed by atoms with E-state index in [1.807, 2.05) is 23.5 Å². The van der Waals surface area contributed by atoms with Gasteiger partial charge in [-0.2, -0.15) is 0 Å². The highest BCUT2D eigenvalue weighted by Crippen LogP contribution is 2.29. The third-order valence-electron chi connectivity index (χ3n) is 3.72. The lowest BCUT2D eigenvalue weighted by atomic mass is 10.1. The monoisotopic (exact) mass is 272 g/mol. The number of benzene rings is 1. The number of nitrogens with two attached hydrogens (primary N) is 1. The Morgan fingerprint density at radius 2 is 2.00 bits per heavy atom. The molecule has 1 aromatic heterocycles. The maximum absolute atomic E-state index is 6.06. The number of hydrogen-bond donors (Lipinski definition) is 1. The van der Waals surface area contributed by atoms with Gasteiger partial charge in [0.2, 0.25) is 0 Å². The summed E-state index contributed by atoms with van der Waals surface area (Å²) in [6.07, 6.45) is 3.84. The van der Waals surface area contributed by atoms with Crippen LogP contribution in [0.3, 0.4) is 0 Å². The molecule has 3 rings (SSSR count). The summed E-state index contributed by atoms with van der Waals surface area (Å²) in [5.41, 5.74) is 8.24. The van der Waals surface area contributed by atoms with Gasteiger partial charge >= 0.3 is 0 Å². The van der Waals surface area contributed by atoms with Crippen molar-refractivity contribution in [3.05, 3.63) is 52.2 Å². The molecule has 1 aliphatic rings. The van der Waals surface area contributed by atoms with Gasteiger partial charge in [-0.25, -0.2) is 0 Å². The molecule has 1 fully saturated rings. The fourth-order valence-electron chi connectivity index (χ4n) is 2.44. The van der Waals surface area contributed by atoms with Crippen LogP contribution < -0.4 is 5.73 Å². The Bertz CT molecular complexity index is 517. The van der Waals surface area contributed by atoms with Crippen LogP contribution in [0, 0.1) is 0 Å². The topological polar surface area (TPSA) is 29.3 Å². The number of para-hydroxylation sites is 1. The lowest BCUT2D eigenvalue weighted by molar-refractivity contribution is 0.259. The van der Waals surface area contributed by atoms with Crippen molar-refractivity contribution in [1.29, 1.82) is 0 Å². The Labute approximate surface area is 118 Å². The molecule has 1 heterocycles. The van der Waals surface area contributed by atoms with Gasteiger partial charge in [0.05, 0.1) is 0 Å². The molecule has 3 heteroatoms. The van der Waals surface area contributed by atoms with Crippen molar-refractivity contribution in [3.63, 3.8) is 0 Å². The van der Waals surface area contributed by atoms with Gasteiger partial charge in [0, 0.05) is 29.7 Å². The molecule has 2 N–H and O–H groups in total. The summed E-state index contributed by atoms with van der Waals surface area (Å²) in [6.45, 7) is 2.13. The zero-order valence-electron chi connectivity index (χ0n) is 11.1. The van der Waals surface area contributed by atoms with Crippen molar-refractivity contribution in [2.24, 2.45) is 0 Å². The molecule has 19 heavy (non-hydrogen) atoms. The van der Waals surface area contributed by atoms with E-state index in [0.717, 1.165) is 31.2 Å². The summed E-state index contributed by atoms with van der Waals surface area (Å²) in [5.74, 6) is 0. The third-order valence-corrected chi connectivity index (χ3v) is 4.65. The number of hydrogen-bond acceptors (Lipinski definition) is 3. The van der Waals surface area contributed by atoms with Crippen LogP contribution in [0.15, 0.2) is 41.8 Å². The highest BCUT2D eigenvalue weighted by Gasteiger charge is 2.28. The minimum atomic E-state index is 0.777. The maximum Gasteiger partial charge on any atom is 0.0359 e. The van der Waals surface area contributed by atoms with Crippen molar-refractivity contribution >= 4 is 17.0 Å². The molecule has 1 saturated carbocycles. The van der Waals surface area contributed by atoms with Crippen LogP contribution in [-0.4, -0.2) is 17.5 Å². The van der Waals surface area contributed by atoms with Gasteiger partial charge in [0.15, 0.2) is 0 Å². The van der Waals surface area contributed by atoms with Gasteiger partial charge in [-0.05, 0) is 42.3 Å². The Hall–Kier alpha value is -1.32. The summed E-state index contributed by atoms with van der Waals surface area (Å²) in [4.78, 5) is 4.07. The van der Waals surface area contributed by atoms with Gasteiger partial charge in [-0.1, -0.05) is 24.3 Å². The molecule has 0 atom stereocenters. The predicted octanol–water partition coefficient (Wildman–Crippen LogP) is 3.54. The smallest absolute Gasteiger partial charge is 0.0359 e. The quantitative estimate of drug-likeness (QED) is 0.815. The molecule has 0 unspecified atom stereocenters. The van der Waals surface area contributed by atoms with Gasteiger partial charge in [0.1, 0.15) is 0 Å². The lowest BCUT2D eigenvalue weighted by Crippen LogP contribution is -2.28. The van der Waals surface area contributed by atoms with E-state index in [1.54, 1.807) is 0 Å². The molecule has 0 radical (unpaired) electrons. The second-order valence-corrected chi connectivity index (χ2v) is 6.26. The fraction of sp³-hybridized carbons (Fsp3) is 0.375. The standard InChI is InChI=1S/C16H20N2S/c17-16-6-2-1-4-13(16)12-18(14-7-8-14)10-9-15-5-3-11-19-15/h1-6,11,14H,7-10,12,17H2. The van der Waals surface area contributed by atoms with Crippen molar-refractivity contribution in [2.75, 3.05) is 12.3 Å². The molecular weight excluding hydrogens is 252 g/mol. The number of thiophene rings is 1. The Morgan fingerprint density at radius 1 is 1.16 bits per heavy atom. The maximum atomic E-state index is 6.06. The molecular formula is C16H20N2S. The van der Waals surface area contributed by atoms with Crippen molar-refractivity contribution in [3.8, 4) is 0 Å².